The monoisotopic (exact) mass is 315 g/mol. The molecule has 2 heterocycles. The molecule has 0 saturated heterocycles. The third kappa shape index (κ3) is 3.27. The zero-order valence-electron chi connectivity index (χ0n) is 13.5. The van der Waals surface area contributed by atoms with Crippen LogP contribution < -0.4 is 10.9 Å². The number of hydrogen-bond donors (Lipinski definition) is 1. The molecule has 1 amide bonds. The third-order valence-corrected chi connectivity index (χ3v) is 4.71. The van der Waals surface area contributed by atoms with Crippen LogP contribution in [0, 0.1) is 17.2 Å². The third-order valence-electron chi connectivity index (χ3n) is 4.71. The van der Waals surface area contributed by atoms with Gasteiger partial charge in [-0.15, -0.1) is 0 Å². The topological polar surface area (TPSA) is 91.0 Å². The maximum absolute atomic E-state index is 12.3. The fourth-order valence-corrected chi connectivity index (χ4v) is 3.10. The van der Waals surface area contributed by atoms with E-state index in [1.54, 1.807) is 20.0 Å². The first-order chi connectivity index (χ1) is 10.9. The summed E-state index contributed by atoms with van der Waals surface area (Å²) in [5.74, 6) is 0.131. The number of carbonyl (C=O) groups is 1. The van der Waals surface area contributed by atoms with E-state index in [-0.39, 0.29) is 23.9 Å². The first-order valence-electron chi connectivity index (χ1n) is 7.92. The van der Waals surface area contributed by atoms with Gasteiger partial charge in [0.15, 0.2) is 0 Å². The number of nitrogens with one attached hydrogen (secondary N) is 1. The molecule has 1 aromatic rings. The van der Waals surface area contributed by atoms with Gasteiger partial charge in [-0.2, -0.15) is 10.4 Å². The average Bonchev–Trinajstić information content (AvgIpc) is 3.33. The Balaban J connectivity index is 1.63. The summed E-state index contributed by atoms with van der Waals surface area (Å²) < 4.78 is 1.34. The lowest BCUT2D eigenvalue weighted by molar-refractivity contribution is -0.123. The van der Waals surface area contributed by atoms with Gasteiger partial charge in [-0.25, -0.2) is 4.68 Å². The zero-order chi connectivity index (χ0) is 16.6. The van der Waals surface area contributed by atoms with Crippen LogP contribution in [-0.2, 0) is 24.8 Å². The van der Waals surface area contributed by atoms with Crippen LogP contribution in [0.1, 0.15) is 31.0 Å². The Kier molecular flexibility index (Phi) is 3.94. The van der Waals surface area contributed by atoms with Gasteiger partial charge in [-0.05, 0) is 31.2 Å². The number of carbonyl (C=O) groups excluding carboxylic acids is 1. The van der Waals surface area contributed by atoms with Crippen LogP contribution in [0.2, 0.25) is 0 Å². The Morgan fingerprint density at radius 3 is 2.96 bits per heavy atom. The van der Waals surface area contributed by atoms with E-state index in [0.29, 0.717) is 6.54 Å². The van der Waals surface area contributed by atoms with Gasteiger partial charge < -0.3 is 5.32 Å². The molecule has 1 aliphatic carbocycles. The lowest BCUT2D eigenvalue weighted by Crippen LogP contribution is -2.50. The first-order valence-corrected chi connectivity index (χ1v) is 7.92. The molecule has 23 heavy (non-hydrogen) atoms. The molecule has 0 radical (unpaired) electrons. The highest BCUT2D eigenvalue weighted by Gasteiger charge is 2.43. The number of nitriles is 1. The van der Waals surface area contributed by atoms with Crippen molar-refractivity contribution in [3.8, 4) is 6.07 Å². The Morgan fingerprint density at radius 1 is 1.57 bits per heavy atom. The minimum atomic E-state index is -0.762. The van der Waals surface area contributed by atoms with Crippen LogP contribution in [0.15, 0.2) is 10.9 Å². The van der Waals surface area contributed by atoms with E-state index in [1.165, 1.54) is 4.68 Å². The minimum absolute atomic E-state index is 0.138. The van der Waals surface area contributed by atoms with E-state index >= 15 is 0 Å². The Labute approximate surface area is 134 Å². The minimum Gasteiger partial charge on any atom is -0.337 e. The van der Waals surface area contributed by atoms with E-state index < -0.39 is 5.54 Å². The number of nitrogens with zero attached hydrogens (tertiary/aromatic N) is 4. The number of aromatic nitrogens is 2. The second-order valence-corrected chi connectivity index (χ2v) is 6.68. The highest BCUT2D eigenvalue weighted by Crippen LogP contribution is 2.39. The maximum Gasteiger partial charge on any atom is 0.266 e. The molecule has 1 N–H and O–H groups in total. The SMILES string of the molecule is Cn1nc2c(cc1=O)CN(CC(=O)N[C@@](C)(C#N)C1CC1)CC2. The lowest BCUT2D eigenvalue weighted by Gasteiger charge is -2.29. The van der Waals surface area contributed by atoms with Gasteiger partial charge >= 0.3 is 0 Å². The molecule has 1 atom stereocenters. The van der Waals surface area contributed by atoms with E-state index in [2.05, 4.69) is 16.5 Å². The number of aryl methyl sites for hydroxylation is 1. The summed E-state index contributed by atoms with van der Waals surface area (Å²) in [6, 6.07) is 3.83. The van der Waals surface area contributed by atoms with Crippen molar-refractivity contribution in [2.75, 3.05) is 13.1 Å². The Hall–Kier alpha value is -2.20. The summed E-state index contributed by atoms with van der Waals surface area (Å²) in [7, 11) is 1.64. The number of fused-ring (bicyclic) bond motifs is 1. The number of hydrogen-bond acceptors (Lipinski definition) is 5. The van der Waals surface area contributed by atoms with Crippen LogP contribution in [0.3, 0.4) is 0 Å². The van der Waals surface area contributed by atoms with Crippen LogP contribution in [-0.4, -0.2) is 39.2 Å². The van der Waals surface area contributed by atoms with Gasteiger partial charge in [0.05, 0.1) is 18.3 Å². The van der Waals surface area contributed by atoms with E-state index in [0.717, 1.165) is 37.1 Å². The molecule has 7 nitrogen and oxygen atoms in total. The van der Waals surface area contributed by atoms with Crippen molar-refractivity contribution in [3.63, 3.8) is 0 Å². The largest absolute Gasteiger partial charge is 0.337 e. The van der Waals surface area contributed by atoms with Gasteiger partial charge in [0.1, 0.15) is 5.54 Å². The van der Waals surface area contributed by atoms with Crippen molar-refractivity contribution in [3.05, 3.63) is 27.7 Å². The molecule has 0 bridgehead atoms. The summed E-state index contributed by atoms with van der Waals surface area (Å²) in [4.78, 5) is 26.0. The van der Waals surface area contributed by atoms with Crippen molar-refractivity contribution in [1.82, 2.24) is 20.0 Å². The summed E-state index contributed by atoms with van der Waals surface area (Å²) in [6.07, 6.45) is 2.71. The maximum atomic E-state index is 12.3. The van der Waals surface area contributed by atoms with Crippen LogP contribution >= 0.6 is 0 Å². The second kappa shape index (κ2) is 5.78. The number of rotatable bonds is 4. The molecule has 1 saturated carbocycles. The van der Waals surface area contributed by atoms with Gasteiger partial charge in [-0.3, -0.25) is 14.5 Å². The normalized spacial score (nSPS) is 20.2. The molecule has 7 heteroatoms. The van der Waals surface area contributed by atoms with Crippen LogP contribution in [0.5, 0.6) is 0 Å². The molecule has 0 aromatic carbocycles. The summed E-state index contributed by atoms with van der Waals surface area (Å²) >= 11 is 0. The van der Waals surface area contributed by atoms with Gasteiger partial charge in [-0.1, -0.05) is 0 Å². The van der Waals surface area contributed by atoms with Gasteiger partial charge in [0.25, 0.3) is 5.56 Å². The molecule has 3 rings (SSSR count). The highest BCUT2D eigenvalue weighted by atomic mass is 16.2. The van der Waals surface area contributed by atoms with E-state index in [9.17, 15) is 14.9 Å². The van der Waals surface area contributed by atoms with Crippen molar-refractivity contribution in [2.45, 2.75) is 38.3 Å². The highest BCUT2D eigenvalue weighted by molar-refractivity contribution is 5.79. The van der Waals surface area contributed by atoms with E-state index in [4.69, 9.17) is 0 Å². The first kappa shape index (κ1) is 15.7. The van der Waals surface area contributed by atoms with Crippen molar-refractivity contribution in [2.24, 2.45) is 13.0 Å². The fraction of sp³-hybridized carbons (Fsp3) is 0.625. The van der Waals surface area contributed by atoms with Crippen molar-refractivity contribution >= 4 is 5.91 Å². The lowest BCUT2D eigenvalue weighted by atomic mass is 9.98. The fourth-order valence-electron chi connectivity index (χ4n) is 3.10. The average molecular weight is 315 g/mol. The van der Waals surface area contributed by atoms with Crippen LogP contribution in [0.25, 0.3) is 0 Å². The Bertz CT molecular complexity index is 731. The van der Waals surface area contributed by atoms with E-state index in [1.807, 2.05) is 4.90 Å². The Morgan fingerprint density at radius 2 is 2.30 bits per heavy atom. The number of amides is 1. The quantitative estimate of drug-likeness (QED) is 0.841. The van der Waals surface area contributed by atoms with Gasteiger partial charge in [0.2, 0.25) is 5.91 Å². The van der Waals surface area contributed by atoms with Crippen LogP contribution in [0.4, 0.5) is 0 Å². The summed E-state index contributed by atoms with van der Waals surface area (Å²) in [5.41, 5.74) is 0.907. The molecular weight excluding hydrogens is 294 g/mol. The molecule has 1 aliphatic heterocycles. The summed E-state index contributed by atoms with van der Waals surface area (Å²) in [6.45, 7) is 3.29. The smallest absolute Gasteiger partial charge is 0.266 e. The molecule has 122 valence electrons. The predicted molar refractivity (Wildman–Crippen MR) is 83.3 cm³/mol. The second-order valence-electron chi connectivity index (χ2n) is 6.68. The molecule has 0 spiro atoms. The molecule has 1 aromatic heterocycles. The molecular formula is C16H21N5O2. The molecule has 2 aliphatic rings. The molecule has 1 fully saturated rings. The van der Waals surface area contributed by atoms with Crippen molar-refractivity contribution in [1.29, 1.82) is 5.26 Å². The zero-order valence-corrected chi connectivity index (χ0v) is 13.5. The summed E-state index contributed by atoms with van der Waals surface area (Å²) in [5, 5.41) is 16.5. The predicted octanol–water partition coefficient (Wildman–Crippen LogP) is -0.0531. The van der Waals surface area contributed by atoms with Gasteiger partial charge in [0, 0.05) is 32.6 Å². The van der Waals surface area contributed by atoms with Crippen molar-refractivity contribution < 1.29 is 4.79 Å². The molecule has 0 unspecified atom stereocenters. The standard InChI is InChI=1S/C16H21N5O2/c1-16(10-17,12-3-4-12)18-14(22)9-21-6-5-13-11(8-21)7-15(23)20(2)19-13/h7,12H,3-6,8-9H2,1-2H3,(H,18,22)/t16-/m0/s1.